The second kappa shape index (κ2) is 6.26. The van der Waals surface area contributed by atoms with Crippen molar-refractivity contribution in [1.29, 1.82) is 0 Å². The third-order valence-corrected chi connectivity index (χ3v) is 2.87. The van der Waals surface area contributed by atoms with Crippen LogP contribution in [0, 0.1) is 5.92 Å². The highest BCUT2D eigenvalue weighted by molar-refractivity contribution is 4.86. The standard InChI is InChI=1S/C12H25N3/c1-5-6-15-9-11(2)7-13-8-12(15)10-14(3)4/h5,11-13H,1,6-10H2,2-4H3. The second-order valence-electron chi connectivity index (χ2n) is 4.92. The summed E-state index contributed by atoms with van der Waals surface area (Å²) in [5.41, 5.74) is 0. The maximum Gasteiger partial charge on any atom is 0.0351 e. The van der Waals surface area contributed by atoms with Crippen LogP contribution in [0.15, 0.2) is 12.7 Å². The first-order chi connectivity index (χ1) is 7.13. The van der Waals surface area contributed by atoms with Gasteiger partial charge in [0.2, 0.25) is 0 Å². The van der Waals surface area contributed by atoms with Crippen LogP contribution in [-0.2, 0) is 0 Å². The molecule has 0 aromatic heterocycles. The highest BCUT2D eigenvalue weighted by atomic mass is 15.2. The number of hydrogen-bond donors (Lipinski definition) is 1. The second-order valence-corrected chi connectivity index (χ2v) is 4.92. The molecule has 0 amide bonds. The Bertz CT molecular complexity index is 191. The summed E-state index contributed by atoms with van der Waals surface area (Å²) in [4.78, 5) is 4.80. The summed E-state index contributed by atoms with van der Waals surface area (Å²) in [7, 11) is 4.28. The average molecular weight is 211 g/mol. The first-order valence-electron chi connectivity index (χ1n) is 5.84. The molecule has 1 N–H and O–H groups in total. The van der Waals surface area contributed by atoms with Gasteiger partial charge >= 0.3 is 0 Å². The van der Waals surface area contributed by atoms with Crippen LogP contribution in [0.3, 0.4) is 0 Å². The van der Waals surface area contributed by atoms with Crippen molar-refractivity contribution in [3.05, 3.63) is 12.7 Å². The van der Waals surface area contributed by atoms with E-state index in [0.717, 1.165) is 32.1 Å². The number of likely N-dealkylation sites (N-methyl/N-ethyl adjacent to an activating group) is 1. The molecule has 0 bridgehead atoms. The molecule has 3 heteroatoms. The van der Waals surface area contributed by atoms with E-state index in [1.165, 1.54) is 6.54 Å². The Morgan fingerprint density at radius 2 is 2.20 bits per heavy atom. The lowest BCUT2D eigenvalue weighted by atomic mass is 10.1. The molecule has 1 aliphatic rings. The molecule has 1 heterocycles. The van der Waals surface area contributed by atoms with Gasteiger partial charge < -0.3 is 10.2 Å². The zero-order valence-electron chi connectivity index (χ0n) is 10.4. The number of nitrogens with zero attached hydrogens (tertiary/aromatic N) is 2. The van der Waals surface area contributed by atoms with Crippen molar-refractivity contribution in [2.45, 2.75) is 13.0 Å². The van der Waals surface area contributed by atoms with Crippen molar-refractivity contribution in [3.8, 4) is 0 Å². The molecule has 3 nitrogen and oxygen atoms in total. The van der Waals surface area contributed by atoms with Crippen molar-refractivity contribution in [3.63, 3.8) is 0 Å². The molecule has 0 aliphatic carbocycles. The fourth-order valence-electron chi connectivity index (χ4n) is 2.23. The molecule has 0 aromatic rings. The maximum atomic E-state index is 3.85. The summed E-state index contributed by atoms with van der Waals surface area (Å²) in [5, 5.41) is 3.54. The topological polar surface area (TPSA) is 18.5 Å². The van der Waals surface area contributed by atoms with Gasteiger partial charge in [0.1, 0.15) is 0 Å². The Morgan fingerprint density at radius 3 is 2.80 bits per heavy atom. The summed E-state index contributed by atoms with van der Waals surface area (Å²) >= 11 is 0. The molecule has 0 radical (unpaired) electrons. The summed E-state index contributed by atoms with van der Waals surface area (Å²) in [6.07, 6.45) is 2.01. The quantitative estimate of drug-likeness (QED) is 0.689. The minimum absolute atomic E-state index is 0.614. The van der Waals surface area contributed by atoms with E-state index in [9.17, 15) is 0 Å². The molecule has 0 saturated carbocycles. The van der Waals surface area contributed by atoms with Gasteiger partial charge in [0.05, 0.1) is 0 Å². The molecule has 15 heavy (non-hydrogen) atoms. The van der Waals surface area contributed by atoms with Crippen LogP contribution in [-0.4, -0.2) is 62.7 Å². The van der Waals surface area contributed by atoms with Gasteiger partial charge in [-0.1, -0.05) is 13.0 Å². The van der Waals surface area contributed by atoms with E-state index >= 15 is 0 Å². The molecule has 2 atom stereocenters. The van der Waals surface area contributed by atoms with Gasteiger partial charge in [-0.25, -0.2) is 0 Å². The Morgan fingerprint density at radius 1 is 1.47 bits per heavy atom. The van der Waals surface area contributed by atoms with Crippen LogP contribution in [0.4, 0.5) is 0 Å². The molecule has 88 valence electrons. The van der Waals surface area contributed by atoms with Crippen molar-refractivity contribution < 1.29 is 0 Å². The van der Waals surface area contributed by atoms with Crippen molar-refractivity contribution in [1.82, 2.24) is 15.1 Å². The Hall–Kier alpha value is -0.380. The van der Waals surface area contributed by atoms with Crippen LogP contribution in [0.5, 0.6) is 0 Å². The summed E-state index contributed by atoms with van der Waals surface area (Å²) in [6.45, 7) is 11.7. The Kier molecular flexibility index (Phi) is 5.29. The predicted octanol–water partition coefficient (Wildman–Crippen LogP) is 0.644. The molecule has 2 unspecified atom stereocenters. The first kappa shape index (κ1) is 12.7. The third kappa shape index (κ3) is 4.33. The van der Waals surface area contributed by atoms with E-state index in [1.807, 2.05) is 6.08 Å². The normalized spacial score (nSPS) is 29.1. The summed E-state index contributed by atoms with van der Waals surface area (Å²) < 4.78 is 0. The lowest BCUT2D eigenvalue weighted by molar-refractivity contribution is 0.177. The first-order valence-corrected chi connectivity index (χ1v) is 5.84. The minimum atomic E-state index is 0.614. The van der Waals surface area contributed by atoms with Crippen molar-refractivity contribution >= 4 is 0 Å². The third-order valence-electron chi connectivity index (χ3n) is 2.87. The molecule has 1 saturated heterocycles. The fourth-order valence-corrected chi connectivity index (χ4v) is 2.23. The van der Waals surface area contributed by atoms with E-state index in [1.54, 1.807) is 0 Å². The zero-order chi connectivity index (χ0) is 11.3. The van der Waals surface area contributed by atoms with Crippen LogP contribution in [0.25, 0.3) is 0 Å². The van der Waals surface area contributed by atoms with Gasteiger partial charge in [0, 0.05) is 32.2 Å². The van der Waals surface area contributed by atoms with E-state index in [2.05, 4.69) is 42.7 Å². The number of nitrogens with one attached hydrogen (secondary N) is 1. The monoisotopic (exact) mass is 211 g/mol. The van der Waals surface area contributed by atoms with E-state index < -0.39 is 0 Å². The SMILES string of the molecule is C=CCN1CC(C)CNCC1CN(C)C. The maximum absolute atomic E-state index is 3.85. The Labute approximate surface area is 94.1 Å². The lowest BCUT2D eigenvalue weighted by Gasteiger charge is -2.31. The zero-order valence-corrected chi connectivity index (χ0v) is 10.4. The number of rotatable bonds is 4. The summed E-state index contributed by atoms with van der Waals surface area (Å²) in [5.74, 6) is 0.733. The molecule has 1 rings (SSSR count). The van der Waals surface area contributed by atoms with Gasteiger partial charge in [-0.15, -0.1) is 6.58 Å². The van der Waals surface area contributed by atoms with Gasteiger partial charge in [0.25, 0.3) is 0 Å². The van der Waals surface area contributed by atoms with E-state index in [0.29, 0.717) is 6.04 Å². The van der Waals surface area contributed by atoms with Crippen LogP contribution in [0.1, 0.15) is 6.92 Å². The average Bonchev–Trinajstić information content (AvgIpc) is 2.29. The Balaban J connectivity index is 2.57. The smallest absolute Gasteiger partial charge is 0.0351 e. The van der Waals surface area contributed by atoms with Gasteiger partial charge in [-0.3, -0.25) is 4.90 Å². The van der Waals surface area contributed by atoms with E-state index in [-0.39, 0.29) is 0 Å². The van der Waals surface area contributed by atoms with E-state index in [4.69, 9.17) is 0 Å². The van der Waals surface area contributed by atoms with Crippen LogP contribution < -0.4 is 5.32 Å². The fraction of sp³-hybridized carbons (Fsp3) is 0.833. The predicted molar refractivity (Wildman–Crippen MR) is 66.1 cm³/mol. The highest BCUT2D eigenvalue weighted by Gasteiger charge is 2.23. The summed E-state index contributed by atoms with van der Waals surface area (Å²) in [6, 6.07) is 0.614. The van der Waals surface area contributed by atoms with Gasteiger partial charge in [-0.05, 0) is 26.6 Å². The minimum Gasteiger partial charge on any atom is -0.315 e. The highest BCUT2D eigenvalue weighted by Crippen LogP contribution is 2.09. The molecule has 1 fully saturated rings. The molecular weight excluding hydrogens is 186 g/mol. The largest absolute Gasteiger partial charge is 0.315 e. The van der Waals surface area contributed by atoms with Crippen molar-refractivity contribution in [2.75, 3.05) is 46.8 Å². The lowest BCUT2D eigenvalue weighted by Crippen LogP contribution is -2.46. The van der Waals surface area contributed by atoms with Crippen LogP contribution in [0.2, 0.25) is 0 Å². The van der Waals surface area contributed by atoms with Crippen molar-refractivity contribution in [2.24, 2.45) is 5.92 Å². The van der Waals surface area contributed by atoms with Gasteiger partial charge in [-0.2, -0.15) is 0 Å². The number of hydrogen-bond acceptors (Lipinski definition) is 3. The van der Waals surface area contributed by atoms with Gasteiger partial charge in [0.15, 0.2) is 0 Å². The molecule has 1 aliphatic heterocycles. The molecular formula is C12H25N3. The van der Waals surface area contributed by atoms with Crippen LogP contribution >= 0.6 is 0 Å². The molecule has 0 aromatic carbocycles. The molecule has 0 spiro atoms.